The minimum Gasteiger partial charge on any atom is -0.0622 e. The van der Waals surface area contributed by atoms with E-state index in [4.69, 9.17) is 0 Å². The van der Waals surface area contributed by atoms with Crippen molar-refractivity contribution in [2.45, 2.75) is 38.5 Å². The van der Waals surface area contributed by atoms with Crippen LogP contribution in [0.1, 0.15) is 44.5 Å². The lowest BCUT2D eigenvalue weighted by Crippen LogP contribution is -2.10. The monoisotopic (exact) mass is 412 g/mol. The van der Waals surface area contributed by atoms with Gasteiger partial charge in [0.2, 0.25) is 0 Å². The van der Waals surface area contributed by atoms with Crippen molar-refractivity contribution in [2.75, 3.05) is 0 Å². The Morgan fingerprint density at radius 1 is 0.375 bits per heavy atom. The van der Waals surface area contributed by atoms with E-state index < -0.39 is 0 Å². The number of fused-ring (bicyclic) bond motifs is 2. The van der Waals surface area contributed by atoms with E-state index in [1.807, 2.05) is 0 Å². The second-order valence-corrected chi connectivity index (χ2v) is 9.25. The Morgan fingerprint density at radius 3 is 1.25 bits per heavy atom. The third-order valence-corrected chi connectivity index (χ3v) is 7.25. The van der Waals surface area contributed by atoms with Gasteiger partial charge >= 0.3 is 0 Å². The zero-order valence-corrected chi connectivity index (χ0v) is 18.5. The van der Waals surface area contributed by atoms with Crippen molar-refractivity contribution in [1.29, 1.82) is 0 Å². The molecule has 6 aliphatic carbocycles. The van der Waals surface area contributed by atoms with Gasteiger partial charge < -0.3 is 0 Å². The van der Waals surface area contributed by atoms with E-state index in [1.54, 1.807) is 0 Å². The van der Waals surface area contributed by atoms with Gasteiger partial charge in [0.15, 0.2) is 0 Å². The lowest BCUT2D eigenvalue weighted by atomic mass is 9.81. The molecule has 156 valence electrons. The predicted octanol–water partition coefficient (Wildman–Crippen LogP) is 7.28. The van der Waals surface area contributed by atoms with Gasteiger partial charge in [0, 0.05) is 0 Å². The Bertz CT molecular complexity index is 1190. The molecule has 0 aromatic heterocycles. The summed E-state index contributed by atoms with van der Waals surface area (Å²) in [5.41, 5.74) is 14.6. The first-order chi connectivity index (χ1) is 15.8. The van der Waals surface area contributed by atoms with Gasteiger partial charge in [-0.05, 0) is 94.2 Å². The molecule has 0 spiro atoms. The molecule has 6 bridgehead atoms. The van der Waals surface area contributed by atoms with Gasteiger partial charge in [-0.3, -0.25) is 0 Å². The summed E-state index contributed by atoms with van der Waals surface area (Å²) in [5, 5.41) is 0. The lowest BCUT2D eigenvalue weighted by Gasteiger charge is -2.24. The van der Waals surface area contributed by atoms with Crippen molar-refractivity contribution >= 4 is 11.1 Å². The van der Waals surface area contributed by atoms with Crippen LogP contribution in [0.3, 0.4) is 0 Å². The highest BCUT2D eigenvalue weighted by Gasteiger charge is 2.20. The van der Waals surface area contributed by atoms with Gasteiger partial charge in [-0.1, -0.05) is 97.1 Å². The lowest BCUT2D eigenvalue weighted by molar-refractivity contribution is 0.890. The number of allylic oxidation sites excluding steroid dienone is 2. The van der Waals surface area contributed by atoms with E-state index in [9.17, 15) is 0 Å². The molecule has 0 fully saturated rings. The fraction of sp³-hybridized carbons (Fsp3) is 0.188. The first-order valence-corrected chi connectivity index (χ1v) is 11.9. The smallest absolute Gasteiger partial charge is 0.00139 e. The van der Waals surface area contributed by atoms with Crippen molar-refractivity contribution in [2.24, 2.45) is 0 Å². The van der Waals surface area contributed by atoms with E-state index in [1.165, 1.54) is 55.7 Å². The average Bonchev–Trinajstić information content (AvgIpc) is 2.84. The summed E-state index contributed by atoms with van der Waals surface area (Å²) >= 11 is 0. The van der Waals surface area contributed by atoms with Crippen molar-refractivity contribution in [3.05, 3.63) is 142 Å². The summed E-state index contributed by atoms with van der Waals surface area (Å²) in [6, 6.07) is 36.6. The Kier molecular flexibility index (Phi) is 5.00. The van der Waals surface area contributed by atoms with Gasteiger partial charge in [0.25, 0.3) is 0 Å². The quantitative estimate of drug-likeness (QED) is 0.324. The van der Waals surface area contributed by atoms with Gasteiger partial charge in [0.05, 0.1) is 0 Å². The molecule has 0 N–H and O–H groups in total. The van der Waals surface area contributed by atoms with E-state index in [0.29, 0.717) is 0 Å². The van der Waals surface area contributed by atoms with Crippen LogP contribution in [0.25, 0.3) is 11.1 Å². The van der Waals surface area contributed by atoms with Crippen LogP contribution in [0.5, 0.6) is 0 Å². The van der Waals surface area contributed by atoms with Crippen LogP contribution < -0.4 is 0 Å². The normalized spacial score (nSPS) is 17.5. The van der Waals surface area contributed by atoms with Gasteiger partial charge in [-0.25, -0.2) is 0 Å². The highest BCUT2D eigenvalue weighted by Crippen LogP contribution is 2.36. The maximum atomic E-state index is 2.50. The van der Waals surface area contributed by atoms with Crippen molar-refractivity contribution in [3.63, 3.8) is 0 Å². The summed E-state index contributed by atoms with van der Waals surface area (Å²) < 4.78 is 0. The van der Waals surface area contributed by atoms with Crippen LogP contribution in [0.4, 0.5) is 0 Å². The summed E-state index contributed by atoms with van der Waals surface area (Å²) in [6.07, 6.45) is 6.44. The second-order valence-electron chi connectivity index (χ2n) is 9.25. The van der Waals surface area contributed by atoms with E-state index in [2.05, 4.69) is 97.1 Å². The highest BCUT2D eigenvalue weighted by atomic mass is 14.2. The molecule has 0 unspecified atom stereocenters. The zero-order chi connectivity index (χ0) is 21.3. The molecule has 0 nitrogen and oxygen atoms in total. The highest BCUT2D eigenvalue weighted by molar-refractivity contribution is 5.93. The van der Waals surface area contributed by atoms with Gasteiger partial charge in [-0.15, -0.1) is 0 Å². The molecular weight excluding hydrogens is 384 g/mol. The predicted molar refractivity (Wildman–Crippen MR) is 135 cm³/mol. The molecule has 0 heterocycles. The van der Waals surface area contributed by atoms with Crippen LogP contribution in [0.15, 0.2) is 97.1 Å². The molecule has 32 heavy (non-hydrogen) atoms. The number of rotatable bonds is 2. The molecule has 0 saturated heterocycles. The number of benzene rings is 4. The fourth-order valence-electron chi connectivity index (χ4n) is 5.47. The van der Waals surface area contributed by atoms with Crippen molar-refractivity contribution in [3.8, 4) is 0 Å². The van der Waals surface area contributed by atoms with E-state index in [-0.39, 0.29) is 0 Å². The molecular formula is C32H28. The van der Waals surface area contributed by atoms with Crippen LogP contribution >= 0.6 is 0 Å². The molecule has 4 aromatic carbocycles. The molecule has 0 aliphatic heterocycles. The van der Waals surface area contributed by atoms with E-state index in [0.717, 1.165) is 38.5 Å². The number of aryl methyl sites for hydroxylation is 4. The molecule has 0 heteroatoms. The minimum atomic E-state index is 0.992. The Hall–Kier alpha value is -3.38. The molecule has 6 aliphatic rings. The molecule has 0 radical (unpaired) electrons. The maximum absolute atomic E-state index is 2.50. The topological polar surface area (TPSA) is 0 Å². The number of hydrogen-bond donors (Lipinski definition) is 0. The van der Waals surface area contributed by atoms with Gasteiger partial charge in [-0.2, -0.15) is 0 Å². The minimum absolute atomic E-state index is 0.992. The van der Waals surface area contributed by atoms with Crippen LogP contribution in [0.2, 0.25) is 0 Å². The summed E-state index contributed by atoms with van der Waals surface area (Å²) in [5.74, 6) is 0. The van der Waals surface area contributed by atoms with Crippen LogP contribution in [0, 0.1) is 0 Å². The standard InChI is InChI=1S/C32H28/c1-3-7-27(8-4-1)31-21-29-19-23-11-12-24-14-16-26(18-17-25(29)15-13-23)30(20-24)22-32(31)28-9-5-2-6-10-28/h1-10,13-16,19-20H,11-12,17-18,21-22H2/b32-31-. The van der Waals surface area contributed by atoms with Gasteiger partial charge in [0.1, 0.15) is 0 Å². The Labute approximate surface area is 191 Å². The van der Waals surface area contributed by atoms with Crippen molar-refractivity contribution in [1.82, 2.24) is 0 Å². The van der Waals surface area contributed by atoms with E-state index >= 15 is 0 Å². The Morgan fingerprint density at radius 2 is 0.812 bits per heavy atom. The largest absolute Gasteiger partial charge is 0.0622 e. The third kappa shape index (κ3) is 3.71. The van der Waals surface area contributed by atoms with Crippen molar-refractivity contribution < 1.29 is 0 Å². The first kappa shape index (κ1) is 19.3. The SMILES string of the molecule is c1ccc(/C2=C(\c3ccccc3)Cc3cc4ccc3CCc3ccc(cc3C2)CC4)cc1. The maximum Gasteiger partial charge on any atom is -0.00139 e. The molecule has 0 atom stereocenters. The second kappa shape index (κ2) is 8.28. The molecule has 0 amide bonds. The number of hydrogen-bond acceptors (Lipinski definition) is 0. The summed E-state index contributed by atoms with van der Waals surface area (Å²) in [4.78, 5) is 0. The van der Waals surface area contributed by atoms with Crippen LogP contribution in [-0.4, -0.2) is 0 Å². The average molecular weight is 413 g/mol. The first-order valence-electron chi connectivity index (χ1n) is 11.9. The zero-order valence-electron chi connectivity index (χ0n) is 18.5. The summed E-state index contributed by atoms with van der Waals surface area (Å²) in [6.45, 7) is 0. The Balaban J connectivity index is 1.68. The molecule has 0 saturated carbocycles. The molecule has 10 rings (SSSR count). The summed E-state index contributed by atoms with van der Waals surface area (Å²) in [7, 11) is 0. The van der Waals surface area contributed by atoms with Crippen LogP contribution in [-0.2, 0) is 38.5 Å². The fourth-order valence-corrected chi connectivity index (χ4v) is 5.47. The molecule has 4 aromatic rings. The third-order valence-electron chi connectivity index (χ3n) is 7.25.